The maximum atomic E-state index is 12.2. The lowest BCUT2D eigenvalue weighted by atomic mass is 9.96. The molecular weight excluding hydrogens is 226 g/mol. The first-order chi connectivity index (χ1) is 8.46. The normalized spacial score (nSPS) is 13.1. The van der Waals surface area contributed by atoms with Crippen molar-refractivity contribution < 1.29 is 9.53 Å². The maximum absolute atomic E-state index is 12.2. The molecule has 0 saturated heterocycles. The van der Waals surface area contributed by atoms with Crippen molar-refractivity contribution >= 4 is 5.91 Å². The molecule has 1 rings (SSSR count). The van der Waals surface area contributed by atoms with Gasteiger partial charge in [-0.1, -0.05) is 30.3 Å². The standard InChI is InChI=1S/C15H23NO2/c1-12(13-8-6-5-7-9-13)14(17)16-15(2,3)10-11-18-4/h5-9,12H,10-11H2,1-4H3,(H,16,17). The summed E-state index contributed by atoms with van der Waals surface area (Å²) in [6.07, 6.45) is 0.802. The Balaban J connectivity index is 2.60. The Morgan fingerprint density at radius 2 is 1.94 bits per heavy atom. The van der Waals surface area contributed by atoms with Crippen LogP contribution in [0.15, 0.2) is 30.3 Å². The number of benzene rings is 1. The smallest absolute Gasteiger partial charge is 0.227 e. The number of methoxy groups -OCH3 is 1. The molecule has 0 aliphatic carbocycles. The van der Waals surface area contributed by atoms with E-state index in [0.29, 0.717) is 6.61 Å². The topological polar surface area (TPSA) is 38.3 Å². The van der Waals surface area contributed by atoms with E-state index in [4.69, 9.17) is 4.74 Å². The van der Waals surface area contributed by atoms with Crippen LogP contribution >= 0.6 is 0 Å². The van der Waals surface area contributed by atoms with Crippen molar-refractivity contribution in [2.75, 3.05) is 13.7 Å². The summed E-state index contributed by atoms with van der Waals surface area (Å²) in [6.45, 7) is 6.60. The van der Waals surface area contributed by atoms with Gasteiger partial charge in [0.05, 0.1) is 5.92 Å². The van der Waals surface area contributed by atoms with Crippen LogP contribution < -0.4 is 5.32 Å². The van der Waals surface area contributed by atoms with Crippen molar-refractivity contribution in [3.8, 4) is 0 Å². The van der Waals surface area contributed by atoms with E-state index in [0.717, 1.165) is 12.0 Å². The summed E-state index contributed by atoms with van der Waals surface area (Å²) in [7, 11) is 1.67. The highest BCUT2D eigenvalue weighted by atomic mass is 16.5. The Hall–Kier alpha value is -1.35. The number of hydrogen-bond acceptors (Lipinski definition) is 2. The fourth-order valence-electron chi connectivity index (χ4n) is 1.75. The molecule has 100 valence electrons. The quantitative estimate of drug-likeness (QED) is 0.842. The highest BCUT2D eigenvalue weighted by Gasteiger charge is 2.23. The van der Waals surface area contributed by atoms with Crippen LogP contribution in [-0.4, -0.2) is 25.2 Å². The zero-order chi connectivity index (χ0) is 13.6. The van der Waals surface area contributed by atoms with Gasteiger partial charge in [0.25, 0.3) is 0 Å². The molecule has 0 aromatic heterocycles. The van der Waals surface area contributed by atoms with Gasteiger partial charge < -0.3 is 10.1 Å². The SMILES string of the molecule is COCCC(C)(C)NC(=O)C(C)c1ccccc1. The zero-order valence-corrected chi connectivity index (χ0v) is 11.7. The molecule has 3 nitrogen and oxygen atoms in total. The van der Waals surface area contributed by atoms with Crippen LogP contribution in [0.2, 0.25) is 0 Å². The van der Waals surface area contributed by atoms with Crippen molar-refractivity contribution in [3.63, 3.8) is 0 Å². The van der Waals surface area contributed by atoms with E-state index in [2.05, 4.69) is 5.32 Å². The fourth-order valence-corrected chi connectivity index (χ4v) is 1.75. The van der Waals surface area contributed by atoms with Crippen LogP contribution in [0.4, 0.5) is 0 Å². The minimum absolute atomic E-state index is 0.0577. The summed E-state index contributed by atoms with van der Waals surface area (Å²) in [6, 6.07) is 9.82. The van der Waals surface area contributed by atoms with Gasteiger partial charge in [-0.2, -0.15) is 0 Å². The first kappa shape index (κ1) is 14.7. The summed E-state index contributed by atoms with van der Waals surface area (Å²) >= 11 is 0. The van der Waals surface area contributed by atoms with Crippen molar-refractivity contribution in [1.29, 1.82) is 0 Å². The molecule has 1 unspecified atom stereocenters. The average molecular weight is 249 g/mol. The molecule has 0 bridgehead atoms. The van der Waals surface area contributed by atoms with Gasteiger partial charge in [0.15, 0.2) is 0 Å². The molecule has 1 N–H and O–H groups in total. The van der Waals surface area contributed by atoms with E-state index in [1.54, 1.807) is 7.11 Å². The third kappa shape index (κ3) is 4.49. The third-order valence-electron chi connectivity index (χ3n) is 3.09. The molecule has 0 fully saturated rings. The van der Waals surface area contributed by atoms with Gasteiger partial charge >= 0.3 is 0 Å². The summed E-state index contributed by atoms with van der Waals surface area (Å²) < 4.78 is 5.05. The van der Waals surface area contributed by atoms with Crippen LogP contribution in [0.25, 0.3) is 0 Å². The molecule has 1 aromatic carbocycles. The number of carbonyl (C=O) groups is 1. The molecule has 18 heavy (non-hydrogen) atoms. The molecule has 1 atom stereocenters. The summed E-state index contributed by atoms with van der Waals surface area (Å²) in [5.41, 5.74) is 0.799. The number of hydrogen-bond donors (Lipinski definition) is 1. The van der Waals surface area contributed by atoms with E-state index < -0.39 is 0 Å². The molecule has 1 amide bonds. The van der Waals surface area contributed by atoms with Crippen LogP contribution in [-0.2, 0) is 9.53 Å². The third-order valence-corrected chi connectivity index (χ3v) is 3.09. The Bertz CT molecular complexity index is 373. The highest BCUT2D eigenvalue weighted by molar-refractivity contribution is 5.83. The number of ether oxygens (including phenoxy) is 1. The van der Waals surface area contributed by atoms with E-state index >= 15 is 0 Å². The summed E-state index contributed by atoms with van der Waals surface area (Å²) in [5, 5.41) is 3.07. The van der Waals surface area contributed by atoms with Crippen molar-refractivity contribution in [2.24, 2.45) is 0 Å². The molecule has 1 aromatic rings. The van der Waals surface area contributed by atoms with E-state index in [-0.39, 0.29) is 17.4 Å². The minimum atomic E-state index is -0.240. The molecule has 0 aliphatic heterocycles. The van der Waals surface area contributed by atoms with Gasteiger partial charge in [-0.25, -0.2) is 0 Å². The van der Waals surface area contributed by atoms with Crippen molar-refractivity contribution in [2.45, 2.75) is 38.6 Å². The van der Waals surface area contributed by atoms with Crippen LogP contribution in [0.1, 0.15) is 38.7 Å². The van der Waals surface area contributed by atoms with E-state index in [1.807, 2.05) is 51.1 Å². The van der Waals surface area contributed by atoms with Gasteiger partial charge in [0, 0.05) is 19.3 Å². The molecule has 3 heteroatoms. The number of carbonyl (C=O) groups excluding carboxylic acids is 1. The minimum Gasteiger partial charge on any atom is -0.385 e. The summed E-state index contributed by atoms with van der Waals surface area (Å²) in [4.78, 5) is 12.2. The van der Waals surface area contributed by atoms with Crippen molar-refractivity contribution in [1.82, 2.24) is 5.32 Å². The van der Waals surface area contributed by atoms with Crippen LogP contribution in [0.3, 0.4) is 0 Å². The first-order valence-electron chi connectivity index (χ1n) is 6.32. The number of nitrogens with one attached hydrogen (secondary N) is 1. The Morgan fingerprint density at radius 3 is 2.50 bits per heavy atom. The van der Waals surface area contributed by atoms with Gasteiger partial charge in [-0.15, -0.1) is 0 Å². The van der Waals surface area contributed by atoms with Crippen molar-refractivity contribution in [3.05, 3.63) is 35.9 Å². The Morgan fingerprint density at radius 1 is 1.33 bits per heavy atom. The Kier molecular flexibility index (Phi) is 5.35. The number of amides is 1. The molecule has 0 aliphatic rings. The molecule has 0 spiro atoms. The molecule has 0 radical (unpaired) electrons. The Labute approximate surface area is 110 Å². The molecular formula is C15H23NO2. The van der Waals surface area contributed by atoms with Gasteiger partial charge in [0.1, 0.15) is 0 Å². The van der Waals surface area contributed by atoms with Gasteiger partial charge in [-0.3, -0.25) is 4.79 Å². The second-order valence-electron chi connectivity index (χ2n) is 5.25. The average Bonchev–Trinajstić information content (AvgIpc) is 2.36. The fraction of sp³-hybridized carbons (Fsp3) is 0.533. The highest BCUT2D eigenvalue weighted by Crippen LogP contribution is 2.17. The second kappa shape index (κ2) is 6.55. The number of rotatable bonds is 6. The van der Waals surface area contributed by atoms with E-state index in [9.17, 15) is 4.79 Å². The predicted molar refractivity (Wildman–Crippen MR) is 73.6 cm³/mol. The molecule has 0 heterocycles. The van der Waals surface area contributed by atoms with Crippen LogP contribution in [0, 0.1) is 0 Å². The zero-order valence-electron chi connectivity index (χ0n) is 11.7. The lowest BCUT2D eigenvalue weighted by molar-refractivity contribution is -0.124. The predicted octanol–water partition coefficient (Wildman–Crippen LogP) is 2.72. The van der Waals surface area contributed by atoms with Gasteiger partial charge in [-0.05, 0) is 32.8 Å². The van der Waals surface area contributed by atoms with Crippen LogP contribution in [0.5, 0.6) is 0 Å². The second-order valence-corrected chi connectivity index (χ2v) is 5.25. The largest absolute Gasteiger partial charge is 0.385 e. The first-order valence-corrected chi connectivity index (χ1v) is 6.32. The van der Waals surface area contributed by atoms with E-state index in [1.165, 1.54) is 0 Å². The molecule has 0 saturated carbocycles. The monoisotopic (exact) mass is 249 g/mol. The lowest BCUT2D eigenvalue weighted by Gasteiger charge is -2.27. The summed E-state index contributed by atoms with van der Waals surface area (Å²) in [5.74, 6) is -0.0738. The lowest BCUT2D eigenvalue weighted by Crippen LogP contribution is -2.45. The van der Waals surface area contributed by atoms with Gasteiger partial charge in [0.2, 0.25) is 5.91 Å². The maximum Gasteiger partial charge on any atom is 0.227 e.